The summed E-state index contributed by atoms with van der Waals surface area (Å²) in [4.78, 5) is 4.19. The first-order valence-corrected chi connectivity index (χ1v) is 5.55. The molecule has 1 aromatic rings. The second-order valence-corrected chi connectivity index (χ2v) is 3.52. The zero-order chi connectivity index (χ0) is 11.8. The number of nitrogens with zero attached hydrogens (tertiary/aromatic N) is 1. The largest absolute Gasteiger partial charge is 0.489 e. The van der Waals surface area contributed by atoms with E-state index in [1.165, 1.54) is 0 Å². The van der Waals surface area contributed by atoms with E-state index in [0.717, 1.165) is 18.7 Å². The summed E-state index contributed by atoms with van der Waals surface area (Å²) >= 11 is 0. The quantitative estimate of drug-likeness (QED) is 0.717. The number of aliphatic hydroxyl groups excluding tert-OH is 1. The van der Waals surface area contributed by atoms with Crippen molar-refractivity contribution in [3.8, 4) is 5.75 Å². The average molecular weight is 225 g/mol. The molecule has 0 aliphatic heterocycles. The number of hydrogen-bond donors (Lipinski definition) is 1. The van der Waals surface area contributed by atoms with Gasteiger partial charge in [-0.2, -0.15) is 0 Å². The van der Waals surface area contributed by atoms with Crippen LogP contribution >= 0.6 is 0 Å². The fourth-order valence-corrected chi connectivity index (χ4v) is 1.30. The third-order valence-electron chi connectivity index (χ3n) is 2.06. The van der Waals surface area contributed by atoms with Gasteiger partial charge in [0.1, 0.15) is 18.1 Å². The van der Waals surface area contributed by atoms with Crippen molar-refractivity contribution in [2.24, 2.45) is 0 Å². The van der Waals surface area contributed by atoms with Crippen LogP contribution in [0.5, 0.6) is 5.75 Å². The van der Waals surface area contributed by atoms with Gasteiger partial charge in [0, 0.05) is 12.3 Å². The van der Waals surface area contributed by atoms with Crippen molar-refractivity contribution in [2.45, 2.75) is 26.9 Å². The Kier molecular flexibility index (Phi) is 5.82. The predicted octanol–water partition coefficient (Wildman–Crippen LogP) is 1.69. The summed E-state index contributed by atoms with van der Waals surface area (Å²) in [5.41, 5.74) is 1.45. The number of aliphatic hydroxyl groups is 1. The highest BCUT2D eigenvalue weighted by Gasteiger charge is 2.04. The van der Waals surface area contributed by atoms with Crippen molar-refractivity contribution in [1.29, 1.82) is 0 Å². The Labute approximate surface area is 96.2 Å². The Bertz CT molecular complexity index is 315. The lowest BCUT2D eigenvalue weighted by atomic mass is 10.3. The molecule has 0 aliphatic carbocycles. The number of pyridine rings is 1. The monoisotopic (exact) mass is 225 g/mol. The van der Waals surface area contributed by atoms with Crippen LogP contribution in [0.3, 0.4) is 0 Å². The molecule has 1 rings (SSSR count). The van der Waals surface area contributed by atoms with Crippen LogP contribution in [0.15, 0.2) is 12.1 Å². The first-order valence-electron chi connectivity index (χ1n) is 5.55. The molecule has 90 valence electrons. The molecule has 0 unspecified atom stereocenters. The standard InChI is InChI=1S/C12H19NO3/c1-3-6-15-7-8-16-12-5-4-10(2)13-11(12)9-14/h4-5,14H,3,6-9H2,1-2H3. The Balaban J connectivity index is 2.41. The van der Waals surface area contributed by atoms with Gasteiger partial charge in [0.15, 0.2) is 0 Å². The number of hydrogen-bond acceptors (Lipinski definition) is 4. The Morgan fingerprint density at radius 3 is 2.75 bits per heavy atom. The maximum Gasteiger partial charge on any atom is 0.143 e. The molecule has 1 N–H and O–H groups in total. The van der Waals surface area contributed by atoms with Gasteiger partial charge in [0.2, 0.25) is 0 Å². The molecule has 1 heterocycles. The van der Waals surface area contributed by atoms with E-state index in [2.05, 4.69) is 11.9 Å². The summed E-state index contributed by atoms with van der Waals surface area (Å²) in [7, 11) is 0. The molecule has 1 aromatic heterocycles. The van der Waals surface area contributed by atoms with Gasteiger partial charge in [0.25, 0.3) is 0 Å². The van der Waals surface area contributed by atoms with Crippen LogP contribution < -0.4 is 4.74 Å². The molecule has 0 atom stereocenters. The van der Waals surface area contributed by atoms with E-state index >= 15 is 0 Å². The first-order chi connectivity index (χ1) is 7.77. The van der Waals surface area contributed by atoms with Gasteiger partial charge in [-0.3, -0.25) is 4.98 Å². The maximum atomic E-state index is 9.11. The van der Waals surface area contributed by atoms with Gasteiger partial charge in [-0.05, 0) is 25.5 Å². The SMILES string of the molecule is CCCOCCOc1ccc(C)nc1CO. The van der Waals surface area contributed by atoms with E-state index < -0.39 is 0 Å². The number of aryl methyl sites for hydroxylation is 1. The number of aromatic nitrogens is 1. The van der Waals surface area contributed by atoms with Crippen LogP contribution in [0.25, 0.3) is 0 Å². The normalized spacial score (nSPS) is 10.4. The zero-order valence-corrected chi connectivity index (χ0v) is 9.90. The van der Waals surface area contributed by atoms with Crippen LogP contribution in [0.4, 0.5) is 0 Å². The molecule has 4 heteroatoms. The van der Waals surface area contributed by atoms with Crippen LogP contribution in [0.2, 0.25) is 0 Å². The molecule has 0 bridgehead atoms. The first kappa shape index (κ1) is 12.9. The molecule has 0 aliphatic rings. The third kappa shape index (κ3) is 4.16. The van der Waals surface area contributed by atoms with E-state index in [4.69, 9.17) is 14.6 Å². The molecular weight excluding hydrogens is 206 g/mol. The average Bonchev–Trinajstić information content (AvgIpc) is 2.30. The minimum absolute atomic E-state index is 0.104. The van der Waals surface area contributed by atoms with Crippen molar-refractivity contribution < 1.29 is 14.6 Å². The summed E-state index contributed by atoms with van der Waals surface area (Å²) < 4.78 is 10.8. The van der Waals surface area contributed by atoms with Gasteiger partial charge in [-0.15, -0.1) is 0 Å². The van der Waals surface area contributed by atoms with E-state index in [1.807, 2.05) is 19.1 Å². The number of rotatable bonds is 7. The van der Waals surface area contributed by atoms with Crippen molar-refractivity contribution in [3.05, 3.63) is 23.5 Å². The highest BCUT2D eigenvalue weighted by molar-refractivity contribution is 5.28. The van der Waals surface area contributed by atoms with Crippen LogP contribution in [-0.4, -0.2) is 29.9 Å². The summed E-state index contributed by atoms with van der Waals surface area (Å²) in [6.07, 6.45) is 1.01. The van der Waals surface area contributed by atoms with Gasteiger partial charge in [-0.25, -0.2) is 0 Å². The molecule has 4 nitrogen and oxygen atoms in total. The number of ether oxygens (including phenoxy) is 2. The molecule has 0 fully saturated rings. The fourth-order valence-electron chi connectivity index (χ4n) is 1.30. The van der Waals surface area contributed by atoms with Gasteiger partial charge >= 0.3 is 0 Å². The Hall–Kier alpha value is -1.13. The van der Waals surface area contributed by atoms with Crippen molar-refractivity contribution >= 4 is 0 Å². The van der Waals surface area contributed by atoms with Gasteiger partial charge < -0.3 is 14.6 Å². The smallest absolute Gasteiger partial charge is 0.143 e. The molecule has 0 aromatic carbocycles. The van der Waals surface area contributed by atoms with Crippen LogP contribution in [0.1, 0.15) is 24.7 Å². The molecule has 0 radical (unpaired) electrons. The lowest BCUT2D eigenvalue weighted by Gasteiger charge is -2.10. The summed E-state index contributed by atoms with van der Waals surface area (Å²) in [6.45, 7) is 5.64. The van der Waals surface area contributed by atoms with Crippen LogP contribution in [0, 0.1) is 6.92 Å². The lowest BCUT2D eigenvalue weighted by Crippen LogP contribution is -2.09. The van der Waals surface area contributed by atoms with Gasteiger partial charge in [0.05, 0.1) is 13.2 Å². The molecular formula is C12H19NO3. The lowest BCUT2D eigenvalue weighted by molar-refractivity contribution is 0.0994. The predicted molar refractivity (Wildman–Crippen MR) is 61.5 cm³/mol. The second-order valence-electron chi connectivity index (χ2n) is 3.52. The molecule has 0 saturated carbocycles. The highest BCUT2D eigenvalue weighted by Crippen LogP contribution is 2.16. The summed E-state index contributed by atoms with van der Waals surface area (Å²) in [5.74, 6) is 0.633. The Morgan fingerprint density at radius 1 is 1.25 bits per heavy atom. The van der Waals surface area contributed by atoms with Crippen molar-refractivity contribution in [3.63, 3.8) is 0 Å². The van der Waals surface area contributed by atoms with E-state index in [-0.39, 0.29) is 6.61 Å². The highest BCUT2D eigenvalue weighted by atomic mass is 16.5. The summed E-state index contributed by atoms with van der Waals surface area (Å²) in [5, 5.41) is 9.11. The molecule has 0 spiro atoms. The third-order valence-corrected chi connectivity index (χ3v) is 2.06. The molecule has 16 heavy (non-hydrogen) atoms. The minimum Gasteiger partial charge on any atom is -0.489 e. The second kappa shape index (κ2) is 7.19. The minimum atomic E-state index is -0.104. The molecule has 0 saturated heterocycles. The molecule has 0 amide bonds. The van der Waals surface area contributed by atoms with E-state index in [1.54, 1.807) is 0 Å². The van der Waals surface area contributed by atoms with Crippen LogP contribution in [-0.2, 0) is 11.3 Å². The van der Waals surface area contributed by atoms with Crippen molar-refractivity contribution in [1.82, 2.24) is 4.98 Å². The topological polar surface area (TPSA) is 51.6 Å². The van der Waals surface area contributed by atoms with E-state index in [9.17, 15) is 0 Å². The Morgan fingerprint density at radius 2 is 2.06 bits per heavy atom. The van der Waals surface area contributed by atoms with Gasteiger partial charge in [-0.1, -0.05) is 6.92 Å². The van der Waals surface area contributed by atoms with Crippen molar-refractivity contribution in [2.75, 3.05) is 19.8 Å². The van der Waals surface area contributed by atoms with E-state index in [0.29, 0.717) is 24.7 Å². The maximum absolute atomic E-state index is 9.11. The summed E-state index contributed by atoms with van der Waals surface area (Å²) in [6, 6.07) is 3.69. The zero-order valence-electron chi connectivity index (χ0n) is 9.90. The fraction of sp³-hybridized carbons (Fsp3) is 0.583.